The average Bonchev–Trinajstić information content (AvgIpc) is 3.63. The van der Waals surface area contributed by atoms with Crippen LogP contribution < -0.4 is 0 Å². The summed E-state index contributed by atoms with van der Waals surface area (Å²) < 4.78 is 2.60. The largest absolute Gasteiger partial charge is 0.332 e. The third-order valence-corrected chi connectivity index (χ3v) is 12.1. The molecule has 0 bridgehead atoms. The summed E-state index contributed by atoms with van der Waals surface area (Å²) in [4.78, 5) is 5.04. The van der Waals surface area contributed by atoms with Gasteiger partial charge in [0.15, 0.2) is 0 Å². The molecule has 0 amide bonds. The molecule has 2 heteroatoms. The molecule has 1 aromatic heterocycles. The zero-order chi connectivity index (χ0) is 36.7. The number of aromatic nitrogens is 2. The van der Waals surface area contributed by atoms with E-state index in [-0.39, 0.29) is 0 Å². The Hall–Kier alpha value is -0.790. The third kappa shape index (κ3) is 30.3. The van der Waals surface area contributed by atoms with E-state index in [0.29, 0.717) is 12.0 Å². The topological polar surface area (TPSA) is 17.8 Å². The fourth-order valence-corrected chi connectivity index (χ4v) is 8.48. The molecule has 0 spiro atoms. The lowest BCUT2D eigenvalue weighted by Gasteiger charge is -2.22. The van der Waals surface area contributed by atoms with Crippen LogP contribution in [0, 0.1) is 0 Å². The zero-order valence-corrected chi connectivity index (χ0v) is 36.0. The summed E-state index contributed by atoms with van der Waals surface area (Å²) >= 11 is 0. The van der Waals surface area contributed by atoms with Crippen molar-refractivity contribution in [1.82, 2.24) is 9.55 Å². The van der Waals surface area contributed by atoms with Crippen LogP contribution in [0.2, 0.25) is 0 Å². The van der Waals surface area contributed by atoms with E-state index in [0.717, 1.165) is 0 Å². The highest BCUT2D eigenvalue weighted by molar-refractivity contribution is 5.02. The van der Waals surface area contributed by atoms with E-state index >= 15 is 0 Å². The first-order valence-electron chi connectivity index (χ1n) is 24.3. The van der Waals surface area contributed by atoms with Gasteiger partial charge in [-0.15, -0.1) is 0 Å². The second-order valence-electron chi connectivity index (χ2n) is 17.1. The lowest BCUT2D eigenvalue weighted by Crippen LogP contribution is -2.13. The molecule has 2 unspecified atom stereocenters. The van der Waals surface area contributed by atoms with Gasteiger partial charge in [-0.1, -0.05) is 258 Å². The van der Waals surface area contributed by atoms with Crippen molar-refractivity contribution in [1.29, 1.82) is 0 Å². The minimum atomic E-state index is 0.585. The first-order valence-corrected chi connectivity index (χ1v) is 24.3. The van der Waals surface area contributed by atoms with E-state index in [4.69, 9.17) is 4.98 Å². The van der Waals surface area contributed by atoms with Crippen LogP contribution in [0.15, 0.2) is 12.4 Å². The normalized spacial score (nSPS) is 12.9. The lowest BCUT2D eigenvalue weighted by atomic mass is 9.92. The molecule has 2 nitrogen and oxygen atoms in total. The van der Waals surface area contributed by atoms with Crippen LogP contribution in [0.5, 0.6) is 0 Å². The van der Waals surface area contributed by atoms with Crippen molar-refractivity contribution < 1.29 is 0 Å². The Labute approximate surface area is 323 Å². The summed E-state index contributed by atoms with van der Waals surface area (Å²) in [5.74, 6) is 2.07. The van der Waals surface area contributed by atoms with Crippen LogP contribution in [-0.2, 0) is 0 Å². The van der Waals surface area contributed by atoms with Crippen LogP contribution >= 0.6 is 0 Å². The molecule has 1 rings (SSSR count). The molecule has 0 aromatic carbocycles. The van der Waals surface area contributed by atoms with Crippen molar-refractivity contribution in [2.45, 2.75) is 296 Å². The molecule has 0 saturated carbocycles. The maximum absolute atomic E-state index is 5.04. The van der Waals surface area contributed by atoms with Crippen LogP contribution in [-0.4, -0.2) is 9.55 Å². The quantitative estimate of drug-likeness (QED) is 0.0617. The van der Waals surface area contributed by atoms with Gasteiger partial charge in [-0.25, -0.2) is 4.98 Å². The molecule has 0 aliphatic carbocycles. The van der Waals surface area contributed by atoms with Gasteiger partial charge in [0.25, 0.3) is 0 Å². The summed E-state index contributed by atoms with van der Waals surface area (Å²) in [7, 11) is 0. The lowest BCUT2D eigenvalue weighted by molar-refractivity contribution is 0.412. The first-order chi connectivity index (χ1) is 25.2. The summed E-state index contributed by atoms with van der Waals surface area (Å²) in [5.41, 5.74) is 0. The van der Waals surface area contributed by atoms with Crippen molar-refractivity contribution in [2.24, 2.45) is 0 Å². The summed E-state index contributed by atoms with van der Waals surface area (Å²) in [6.45, 7) is 9.42. The molecule has 0 aliphatic heterocycles. The third-order valence-electron chi connectivity index (χ3n) is 12.1. The van der Waals surface area contributed by atoms with Gasteiger partial charge in [0.05, 0.1) is 0 Å². The standard InChI is InChI=1S/C49H96N2/c1-5-8-11-14-17-19-21-23-25-27-29-31-33-35-38-41-44-48(43-40-37-16-13-10-7-3)49-50-45-46-51(49)47(4)42-39-36-34-32-30-28-26-24-22-20-18-15-12-9-6-2/h45-48H,5-44H2,1-4H3. The number of rotatable bonds is 42. The van der Waals surface area contributed by atoms with E-state index in [1.54, 1.807) is 0 Å². The first kappa shape index (κ1) is 48.2. The Bertz CT molecular complexity index is 783. The smallest absolute Gasteiger partial charge is 0.111 e. The molecule has 2 atom stereocenters. The van der Waals surface area contributed by atoms with Gasteiger partial charge in [-0.2, -0.15) is 0 Å². The average molecular weight is 713 g/mol. The predicted molar refractivity (Wildman–Crippen MR) is 231 cm³/mol. The molecule has 1 heterocycles. The van der Waals surface area contributed by atoms with Gasteiger partial charge in [0.1, 0.15) is 5.82 Å². The number of hydrogen-bond acceptors (Lipinski definition) is 1. The Kier molecular flexibility index (Phi) is 36.8. The minimum Gasteiger partial charge on any atom is -0.332 e. The number of hydrogen-bond donors (Lipinski definition) is 0. The van der Waals surface area contributed by atoms with E-state index < -0.39 is 0 Å². The maximum atomic E-state index is 5.04. The molecule has 302 valence electrons. The van der Waals surface area contributed by atoms with Gasteiger partial charge in [0, 0.05) is 24.4 Å². The van der Waals surface area contributed by atoms with Gasteiger partial charge in [-0.3, -0.25) is 0 Å². The van der Waals surface area contributed by atoms with Crippen LogP contribution in [0.1, 0.15) is 302 Å². The Balaban J connectivity index is 2.25. The summed E-state index contributed by atoms with van der Waals surface area (Å²) in [6, 6.07) is 0.585. The monoisotopic (exact) mass is 713 g/mol. The van der Waals surface area contributed by atoms with Crippen LogP contribution in [0.4, 0.5) is 0 Å². The van der Waals surface area contributed by atoms with E-state index in [2.05, 4.69) is 44.7 Å². The fraction of sp³-hybridized carbons (Fsp3) is 0.939. The van der Waals surface area contributed by atoms with Crippen molar-refractivity contribution in [2.75, 3.05) is 0 Å². The SMILES string of the molecule is CCCCCCCCCCCCCCCCCCC(CCCCCCCC)c1nccn1C(C)CCCCCCCCCCCCCCCCC. The van der Waals surface area contributed by atoms with E-state index in [1.165, 1.54) is 263 Å². The molecule has 51 heavy (non-hydrogen) atoms. The molecule has 1 aromatic rings. The highest BCUT2D eigenvalue weighted by Gasteiger charge is 2.19. The molecule has 0 N–H and O–H groups in total. The predicted octanol–water partition coefficient (Wildman–Crippen LogP) is 18.2. The number of unbranched alkanes of at least 4 members (excludes halogenated alkanes) is 34. The van der Waals surface area contributed by atoms with Crippen molar-refractivity contribution in [3.8, 4) is 0 Å². The molecular weight excluding hydrogens is 617 g/mol. The minimum absolute atomic E-state index is 0.585. The highest BCUT2D eigenvalue weighted by atomic mass is 15.1. The Morgan fingerprint density at radius 1 is 0.373 bits per heavy atom. The number of imidazole rings is 1. The number of nitrogens with zero attached hydrogens (tertiary/aromatic N) is 2. The van der Waals surface area contributed by atoms with Gasteiger partial charge in [-0.05, 0) is 26.2 Å². The molecule has 0 aliphatic rings. The summed E-state index contributed by atoms with van der Waals surface area (Å²) in [5, 5.41) is 0. The summed E-state index contributed by atoms with van der Waals surface area (Å²) in [6.07, 6.45) is 61.6. The van der Waals surface area contributed by atoms with E-state index in [1.807, 2.05) is 0 Å². The van der Waals surface area contributed by atoms with Gasteiger partial charge < -0.3 is 4.57 Å². The molecular formula is C49H96N2. The highest BCUT2D eigenvalue weighted by Crippen LogP contribution is 2.31. The fourth-order valence-electron chi connectivity index (χ4n) is 8.48. The second-order valence-corrected chi connectivity index (χ2v) is 17.1. The van der Waals surface area contributed by atoms with Crippen molar-refractivity contribution >= 4 is 0 Å². The van der Waals surface area contributed by atoms with E-state index in [9.17, 15) is 0 Å². The van der Waals surface area contributed by atoms with Crippen molar-refractivity contribution in [3.05, 3.63) is 18.2 Å². The van der Waals surface area contributed by atoms with Crippen LogP contribution in [0.25, 0.3) is 0 Å². The van der Waals surface area contributed by atoms with Gasteiger partial charge in [0.2, 0.25) is 0 Å². The molecule has 0 fully saturated rings. The maximum Gasteiger partial charge on any atom is 0.111 e. The second kappa shape index (κ2) is 38.9. The molecule has 0 saturated heterocycles. The molecule has 0 radical (unpaired) electrons. The van der Waals surface area contributed by atoms with Gasteiger partial charge >= 0.3 is 0 Å². The van der Waals surface area contributed by atoms with Crippen LogP contribution in [0.3, 0.4) is 0 Å². The Morgan fingerprint density at radius 3 is 0.922 bits per heavy atom. The zero-order valence-electron chi connectivity index (χ0n) is 36.0. The Morgan fingerprint density at radius 2 is 0.627 bits per heavy atom. The van der Waals surface area contributed by atoms with Crippen molar-refractivity contribution in [3.63, 3.8) is 0 Å².